The Morgan fingerprint density at radius 3 is 2.60 bits per heavy atom. The maximum Gasteiger partial charge on any atom is 0.335 e. The lowest BCUT2D eigenvalue weighted by molar-refractivity contribution is -0.385. The molecule has 0 saturated heterocycles. The zero-order valence-electron chi connectivity index (χ0n) is 7.53. The summed E-state index contributed by atoms with van der Waals surface area (Å²) in [6, 6.07) is 0. The predicted octanol–water partition coefficient (Wildman–Crippen LogP) is 1.71. The van der Waals surface area contributed by atoms with Gasteiger partial charge in [0, 0.05) is 6.92 Å². The van der Waals surface area contributed by atoms with E-state index in [1.807, 2.05) is 0 Å². The maximum atomic E-state index is 12.2. The molecule has 0 aliphatic rings. The lowest BCUT2D eigenvalue weighted by atomic mass is 10.2. The topological polar surface area (TPSA) is 86.0 Å². The molecule has 1 heterocycles. The van der Waals surface area contributed by atoms with E-state index >= 15 is 0 Å². The van der Waals surface area contributed by atoms with E-state index in [1.54, 1.807) is 0 Å². The van der Waals surface area contributed by atoms with Gasteiger partial charge in [0.25, 0.3) is 0 Å². The van der Waals surface area contributed by atoms with Crippen LogP contribution in [0.1, 0.15) is 23.2 Å². The van der Waals surface area contributed by atoms with Crippen LogP contribution in [0.3, 0.4) is 0 Å². The molecule has 0 aromatic carbocycles. The lowest BCUT2D eigenvalue weighted by Gasteiger charge is -2.01. The number of carbonyl (C=O) groups is 1. The second kappa shape index (κ2) is 4.26. The number of aromatic nitrogens is 2. The molecule has 0 fully saturated rings. The van der Waals surface area contributed by atoms with Gasteiger partial charge in [-0.3, -0.25) is 14.9 Å². The summed E-state index contributed by atoms with van der Waals surface area (Å²) in [6.45, 7) is 0.0334. The smallest absolute Gasteiger partial charge is 0.292 e. The molecule has 0 aliphatic heterocycles. The lowest BCUT2D eigenvalue weighted by Crippen LogP contribution is -2.08. The number of nitro groups is 1. The van der Waals surface area contributed by atoms with Gasteiger partial charge in [-0.05, 0) is 0 Å². The average molecular weight is 234 g/mol. The predicted molar refractivity (Wildman–Crippen MR) is 48.5 cm³/mol. The summed E-state index contributed by atoms with van der Waals surface area (Å²) in [5, 5.41) is 10.0. The highest BCUT2D eigenvalue weighted by Crippen LogP contribution is 2.25. The fourth-order valence-electron chi connectivity index (χ4n) is 0.938. The number of hydrogen-bond acceptors (Lipinski definition) is 5. The molecule has 80 valence electrons. The van der Waals surface area contributed by atoms with Gasteiger partial charge in [-0.15, -0.1) is 0 Å². The van der Waals surface area contributed by atoms with E-state index in [4.69, 9.17) is 11.6 Å². The first-order valence-electron chi connectivity index (χ1n) is 3.75. The van der Waals surface area contributed by atoms with Crippen molar-refractivity contribution >= 4 is 23.1 Å². The average Bonchev–Trinajstić information content (AvgIpc) is 2.15. The van der Waals surface area contributed by atoms with Gasteiger partial charge in [0.2, 0.25) is 5.15 Å². The molecular formula is C7H5ClFN3O3. The van der Waals surface area contributed by atoms with Crippen molar-refractivity contribution in [2.24, 2.45) is 0 Å². The third-order valence-corrected chi connectivity index (χ3v) is 1.79. The normalized spacial score (nSPS) is 10.1. The van der Waals surface area contributed by atoms with Crippen molar-refractivity contribution in [3.05, 3.63) is 26.8 Å². The quantitative estimate of drug-likeness (QED) is 0.343. The third kappa shape index (κ3) is 2.24. The highest BCUT2D eigenvalue weighted by Gasteiger charge is 2.26. The molecular weight excluding hydrogens is 229 g/mol. The number of hydrogen-bond donors (Lipinski definition) is 0. The van der Waals surface area contributed by atoms with Crippen molar-refractivity contribution < 1.29 is 14.1 Å². The van der Waals surface area contributed by atoms with Gasteiger partial charge < -0.3 is 0 Å². The molecule has 1 rings (SSSR count). The van der Waals surface area contributed by atoms with Crippen LogP contribution in [0.4, 0.5) is 10.1 Å². The van der Waals surface area contributed by atoms with E-state index in [9.17, 15) is 19.3 Å². The van der Waals surface area contributed by atoms with E-state index in [-0.39, 0.29) is 5.82 Å². The van der Waals surface area contributed by atoms with Gasteiger partial charge in [-0.1, -0.05) is 11.6 Å². The van der Waals surface area contributed by atoms with Crippen LogP contribution in [-0.4, -0.2) is 20.7 Å². The van der Waals surface area contributed by atoms with E-state index in [0.717, 1.165) is 6.92 Å². The molecule has 0 aliphatic carbocycles. The Labute approximate surface area is 88.2 Å². The SMILES string of the molecule is CC(=O)c1nc(CF)nc(Cl)c1[N+](=O)[O-]. The molecule has 0 atom stereocenters. The number of Topliss-reactive ketones (excluding diaryl/α,β-unsaturated/α-hetero) is 1. The standard InChI is InChI=1S/C7H5ClFN3O3/c1-3(13)5-6(12(14)15)7(8)11-4(2-9)10-5/h2H2,1H3. The maximum absolute atomic E-state index is 12.2. The fraction of sp³-hybridized carbons (Fsp3) is 0.286. The summed E-state index contributed by atoms with van der Waals surface area (Å²) in [4.78, 5) is 27.4. The number of ketones is 1. The van der Waals surface area contributed by atoms with Gasteiger partial charge in [-0.25, -0.2) is 14.4 Å². The summed E-state index contributed by atoms with van der Waals surface area (Å²) in [6.07, 6.45) is 0. The summed E-state index contributed by atoms with van der Waals surface area (Å²) in [5.41, 5.74) is -1.17. The Morgan fingerprint density at radius 1 is 1.60 bits per heavy atom. The minimum Gasteiger partial charge on any atom is -0.292 e. The van der Waals surface area contributed by atoms with E-state index in [0.29, 0.717) is 0 Å². The largest absolute Gasteiger partial charge is 0.335 e. The van der Waals surface area contributed by atoms with Crippen molar-refractivity contribution in [3.8, 4) is 0 Å². The van der Waals surface area contributed by atoms with Crippen molar-refractivity contribution in [3.63, 3.8) is 0 Å². The van der Waals surface area contributed by atoms with Crippen molar-refractivity contribution in [1.29, 1.82) is 0 Å². The minimum atomic E-state index is -1.04. The number of halogens is 2. The number of carbonyl (C=O) groups excluding carboxylic acids is 1. The summed E-state index contributed by atoms with van der Waals surface area (Å²) < 4.78 is 12.2. The van der Waals surface area contributed by atoms with Crippen LogP contribution in [0, 0.1) is 10.1 Å². The molecule has 0 radical (unpaired) electrons. The molecule has 0 saturated carbocycles. The highest BCUT2D eigenvalue weighted by atomic mass is 35.5. The molecule has 0 spiro atoms. The first kappa shape index (κ1) is 11.4. The fourth-order valence-corrected chi connectivity index (χ4v) is 1.19. The van der Waals surface area contributed by atoms with Crippen LogP contribution in [-0.2, 0) is 6.67 Å². The van der Waals surface area contributed by atoms with Crippen molar-refractivity contribution in [2.45, 2.75) is 13.6 Å². The van der Waals surface area contributed by atoms with Crippen molar-refractivity contribution in [2.75, 3.05) is 0 Å². The molecule has 8 heteroatoms. The van der Waals surface area contributed by atoms with E-state index < -0.39 is 33.9 Å². The second-order valence-electron chi connectivity index (χ2n) is 2.57. The molecule has 0 unspecified atom stereocenters. The molecule has 0 amide bonds. The third-order valence-electron chi connectivity index (χ3n) is 1.52. The van der Waals surface area contributed by atoms with Crippen molar-refractivity contribution in [1.82, 2.24) is 9.97 Å². The van der Waals surface area contributed by atoms with Gasteiger partial charge in [0.1, 0.15) is 6.67 Å². The van der Waals surface area contributed by atoms with Gasteiger partial charge in [0.05, 0.1) is 4.92 Å². The van der Waals surface area contributed by atoms with Crippen LogP contribution < -0.4 is 0 Å². The van der Waals surface area contributed by atoms with Gasteiger partial charge in [0.15, 0.2) is 17.3 Å². The van der Waals surface area contributed by atoms with Crippen LogP contribution in [0.25, 0.3) is 0 Å². The van der Waals surface area contributed by atoms with E-state index in [1.165, 1.54) is 0 Å². The highest BCUT2D eigenvalue weighted by molar-refractivity contribution is 6.32. The molecule has 1 aromatic heterocycles. The zero-order chi connectivity index (χ0) is 11.6. The summed E-state index contributed by atoms with van der Waals surface area (Å²) >= 11 is 5.44. The summed E-state index contributed by atoms with van der Waals surface area (Å²) in [7, 11) is 0. The second-order valence-corrected chi connectivity index (χ2v) is 2.93. The van der Waals surface area contributed by atoms with Crippen LogP contribution >= 0.6 is 11.6 Å². The van der Waals surface area contributed by atoms with Gasteiger partial charge in [-0.2, -0.15) is 0 Å². The Balaban J connectivity index is 3.49. The Hall–Kier alpha value is -1.63. The summed E-state index contributed by atoms with van der Waals surface area (Å²) in [5.74, 6) is -1.02. The number of rotatable bonds is 3. The van der Waals surface area contributed by atoms with Crippen LogP contribution in [0.2, 0.25) is 5.15 Å². The Morgan fingerprint density at radius 2 is 2.20 bits per heavy atom. The zero-order valence-corrected chi connectivity index (χ0v) is 8.29. The first-order valence-corrected chi connectivity index (χ1v) is 4.13. The Kier molecular flexibility index (Phi) is 3.25. The van der Waals surface area contributed by atoms with Gasteiger partial charge >= 0.3 is 5.69 Å². The van der Waals surface area contributed by atoms with E-state index in [2.05, 4.69) is 9.97 Å². The minimum absolute atomic E-state index is 0.351. The van der Waals surface area contributed by atoms with Crippen LogP contribution in [0.15, 0.2) is 0 Å². The molecule has 15 heavy (non-hydrogen) atoms. The molecule has 0 bridgehead atoms. The monoisotopic (exact) mass is 233 g/mol. The molecule has 0 N–H and O–H groups in total. The Bertz CT molecular complexity index is 438. The molecule has 6 nitrogen and oxygen atoms in total. The number of nitrogens with zero attached hydrogens (tertiary/aromatic N) is 3. The first-order chi connectivity index (χ1) is 6.97. The number of alkyl halides is 1. The molecule has 1 aromatic rings. The van der Waals surface area contributed by atoms with Crippen LogP contribution in [0.5, 0.6) is 0 Å².